The lowest BCUT2D eigenvalue weighted by Gasteiger charge is -1.80. The lowest BCUT2D eigenvalue weighted by atomic mass is 10.4. The molecule has 0 aromatic carbocycles. The van der Waals surface area contributed by atoms with E-state index in [9.17, 15) is 4.79 Å². The number of hydrogen-bond acceptors (Lipinski definition) is 3. The Morgan fingerprint density at radius 3 is 3.30 bits per heavy atom. The van der Waals surface area contributed by atoms with Gasteiger partial charge < -0.3 is 4.98 Å². The average molecular weight is 135 g/mol. The van der Waals surface area contributed by atoms with Crippen LogP contribution in [0.3, 0.4) is 0 Å². The highest BCUT2D eigenvalue weighted by Gasteiger charge is 1.97. The summed E-state index contributed by atoms with van der Waals surface area (Å²) in [6, 6.07) is 0. The molecule has 5 nitrogen and oxygen atoms in total. The van der Waals surface area contributed by atoms with Crippen LogP contribution in [0, 0.1) is 6.33 Å². The Labute approximate surface area is 55.1 Å². The first-order chi connectivity index (χ1) is 4.88. The summed E-state index contributed by atoms with van der Waals surface area (Å²) in [6.45, 7) is 0. The zero-order chi connectivity index (χ0) is 6.97. The van der Waals surface area contributed by atoms with Crippen molar-refractivity contribution < 1.29 is 0 Å². The van der Waals surface area contributed by atoms with Crippen LogP contribution in [0.1, 0.15) is 0 Å². The van der Waals surface area contributed by atoms with Gasteiger partial charge in [-0.25, -0.2) is 4.98 Å². The van der Waals surface area contributed by atoms with Gasteiger partial charge in [0.1, 0.15) is 5.39 Å². The molecule has 2 heterocycles. The van der Waals surface area contributed by atoms with Crippen molar-refractivity contribution in [2.24, 2.45) is 0 Å². The fourth-order valence-electron chi connectivity index (χ4n) is 0.733. The van der Waals surface area contributed by atoms with E-state index in [0.29, 0.717) is 11.0 Å². The van der Waals surface area contributed by atoms with Gasteiger partial charge in [0.25, 0.3) is 5.56 Å². The van der Waals surface area contributed by atoms with Crippen LogP contribution in [0.15, 0.2) is 11.0 Å². The highest BCUT2D eigenvalue weighted by Crippen LogP contribution is 1.95. The van der Waals surface area contributed by atoms with Crippen LogP contribution in [0.5, 0.6) is 0 Å². The van der Waals surface area contributed by atoms with E-state index in [4.69, 9.17) is 0 Å². The van der Waals surface area contributed by atoms with E-state index in [1.807, 2.05) is 0 Å². The van der Waals surface area contributed by atoms with Crippen molar-refractivity contribution in [3.63, 3.8) is 0 Å². The Balaban J connectivity index is 3.09. The molecular weight excluding hydrogens is 132 g/mol. The summed E-state index contributed by atoms with van der Waals surface area (Å²) in [5, 5.41) is 6.64. The molecule has 2 rings (SSSR count). The predicted molar refractivity (Wildman–Crippen MR) is 33.3 cm³/mol. The summed E-state index contributed by atoms with van der Waals surface area (Å²) >= 11 is 0. The zero-order valence-corrected chi connectivity index (χ0v) is 4.88. The summed E-state index contributed by atoms with van der Waals surface area (Å²) in [5.41, 5.74) is 0.238. The minimum absolute atomic E-state index is 0.223. The monoisotopic (exact) mass is 135 g/mol. The Kier molecular flexibility index (Phi) is 0.858. The Bertz CT molecular complexity index is 401. The molecule has 49 valence electrons. The fraction of sp³-hybridized carbons (Fsp3) is 0. The second-order valence-corrected chi connectivity index (χ2v) is 1.81. The Morgan fingerprint density at radius 1 is 1.60 bits per heavy atom. The molecule has 1 radical (unpaired) electrons. The SMILES string of the molecule is O=c1[nH][c]nc2[nH]ncc12. The normalized spacial score (nSPS) is 10.4. The predicted octanol–water partition coefficient (Wildman–Crippen LogP) is -0.554. The van der Waals surface area contributed by atoms with E-state index in [1.165, 1.54) is 6.20 Å². The number of rotatable bonds is 0. The first-order valence-electron chi connectivity index (χ1n) is 2.67. The zero-order valence-electron chi connectivity index (χ0n) is 4.88. The van der Waals surface area contributed by atoms with Crippen molar-refractivity contribution in [2.75, 3.05) is 0 Å². The molecule has 5 heteroatoms. The number of aromatic nitrogens is 4. The lowest BCUT2D eigenvalue weighted by Crippen LogP contribution is -2.04. The van der Waals surface area contributed by atoms with Gasteiger partial charge in [-0.1, -0.05) is 0 Å². The second kappa shape index (κ2) is 1.66. The molecule has 0 aliphatic heterocycles. The second-order valence-electron chi connectivity index (χ2n) is 1.81. The van der Waals surface area contributed by atoms with Gasteiger partial charge in [-0.2, -0.15) is 5.10 Å². The standard InChI is InChI=1S/C5H3N4O/c10-5-3-1-8-9-4(3)6-2-7-5/h1H,(H2,6,7,8,9,10). The first-order valence-corrected chi connectivity index (χ1v) is 2.67. The molecule has 0 saturated heterocycles. The maximum atomic E-state index is 10.9. The van der Waals surface area contributed by atoms with Crippen LogP contribution in [0.4, 0.5) is 0 Å². The Morgan fingerprint density at radius 2 is 2.50 bits per heavy atom. The molecule has 2 aromatic rings. The van der Waals surface area contributed by atoms with Crippen LogP contribution in [-0.2, 0) is 0 Å². The van der Waals surface area contributed by atoms with Crippen molar-refractivity contribution in [3.05, 3.63) is 22.9 Å². The number of nitrogens with zero attached hydrogens (tertiary/aromatic N) is 2. The number of fused-ring (bicyclic) bond motifs is 1. The molecule has 0 aliphatic carbocycles. The smallest absolute Gasteiger partial charge is 0.262 e. The van der Waals surface area contributed by atoms with Crippen molar-refractivity contribution >= 4 is 11.0 Å². The molecule has 0 amide bonds. The summed E-state index contributed by atoms with van der Waals surface area (Å²) < 4.78 is 0. The van der Waals surface area contributed by atoms with E-state index < -0.39 is 0 Å². The third-order valence-corrected chi connectivity index (χ3v) is 1.20. The maximum absolute atomic E-state index is 10.9. The quantitative estimate of drug-likeness (QED) is 0.508. The van der Waals surface area contributed by atoms with Crippen molar-refractivity contribution in [3.8, 4) is 0 Å². The fourth-order valence-corrected chi connectivity index (χ4v) is 0.733. The maximum Gasteiger partial charge on any atom is 0.262 e. The van der Waals surface area contributed by atoms with Gasteiger partial charge in [-0.3, -0.25) is 9.89 Å². The van der Waals surface area contributed by atoms with Crippen LogP contribution in [0.25, 0.3) is 11.0 Å². The topological polar surface area (TPSA) is 74.4 Å². The van der Waals surface area contributed by atoms with Gasteiger partial charge in [0, 0.05) is 0 Å². The summed E-state index contributed by atoms with van der Waals surface area (Å²) in [4.78, 5) is 16.9. The molecule has 2 aromatic heterocycles. The molecule has 0 spiro atoms. The van der Waals surface area contributed by atoms with E-state index in [0.717, 1.165) is 0 Å². The van der Waals surface area contributed by atoms with Crippen molar-refractivity contribution in [1.82, 2.24) is 20.2 Å². The van der Waals surface area contributed by atoms with E-state index in [1.54, 1.807) is 0 Å². The van der Waals surface area contributed by atoms with Crippen molar-refractivity contribution in [2.45, 2.75) is 0 Å². The van der Waals surface area contributed by atoms with Crippen LogP contribution >= 0.6 is 0 Å². The molecule has 0 atom stereocenters. The Hall–Kier alpha value is -1.65. The number of nitrogens with one attached hydrogen (secondary N) is 2. The number of H-pyrrole nitrogens is 2. The third-order valence-electron chi connectivity index (χ3n) is 1.20. The lowest BCUT2D eigenvalue weighted by molar-refractivity contribution is 1.08. The number of hydrogen-bond donors (Lipinski definition) is 2. The molecule has 2 N–H and O–H groups in total. The molecule has 0 saturated carbocycles. The van der Waals surface area contributed by atoms with E-state index in [2.05, 4.69) is 26.5 Å². The molecule has 0 bridgehead atoms. The van der Waals surface area contributed by atoms with Gasteiger partial charge in [-0.05, 0) is 0 Å². The van der Waals surface area contributed by atoms with E-state index >= 15 is 0 Å². The molecule has 10 heavy (non-hydrogen) atoms. The van der Waals surface area contributed by atoms with Gasteiger partial charge >= 0.3 is 0 Å². The summed E-state index contributed by atoms with van der Waals surface area (Å²) in [7, 11) is 0. The molecule has 0 fully saturated rings. The number of aromatic amines is 2. The summed E-state index contributed by atoms with van der Waals surface area (Å²) in [5.74, 6) is 0. The summed E-state index contributed by atoms with van der Waals surface area (Å²) in [6.07, 6.45) is 3.76. The highest BCUT2D eigenvalue weighted by atomic mass is 16.1. The van der Waals surface area contributed by atoms with Crippen LogP contribution in [0.2, 0.25) is 0 Å². The van der Waals surface area contributed by atoms with Gasteiger partial charge in [-0.15, -0.1) is 0 Å². The molecule has 0 aliphatic rings. The molecular formula is C5H3N4O. The molecule has 0 unspecified atom stereocenters. The average Bonchev–Trinajstić information content (AvgIpc) is 2.36. The highest BCUT2D eigenvalue weighted by molar-refractivity contribution is 5.71. The van der Waals surface area contributed by atoms with Gasteiger partial charge in [0.2, 0.25) is 0 Å². The minimum atomic E-state index is -0.223. The third kappa shape index (κ3) is 0.540. The van der Waals surface area contributed by atoms with Crippen LogP contribution < -0.4 is 5.56 Å². The van der Waals surface area contributed by atoms with Gasteiger partial charge in [0.15, 0.2) is 12.0 Å². The van der Waals surface area contributed by atoms with E-state index in [-0.39, 0.29) is 5.56 Å². The minimum Gasteiger partial charge on any atom is -0.303 e. The first kappa shape index (κ1) is 5.16. The van der Waals surface area contributed by atoms with Crippen molar-refractivity contribution in [1.29, 1.82) is 0 Å². The van der Waals surface area contributed by atoms with Gasteiger partial charge in [0.05, 0.1) is 6.20 Å². The largest absolute Gasteiger partial charge is 0.303 e. The van der Waals surface area contributed by atoms with Crippen LogP contribution in [-0.4, -0.2) is 20.2 Å².